The molecule has 2 aromatic rings. The monoisotopic (exact) mass is 408 g/mol. The Morgan fingerprint density at radius 1 is 1.17 bits per heavy atom. The lowest BCUT2D eigenvalue weighted by molar-refractivity contribution is -0.130. The van der Waals surface area contributed by atoms with Gasteiger partial charge in [-0.15, -0.1) is 0 Å². The van der Waals surface area contributed by atoms with Gasteiger partial charge in [-0.05, 0) is 50.2 Å². The summed E-state index contributed by atoms with van der Waals surface area (Å²) in [5.41, 5.74) is 3.49. The molecule has 1 aromatic carbocycles. The van der Waals surface area contributed by atoms with Crippen LogP contribution in [0.15, 0.2) is 42.1 Å². The Kier molecular flexibility index (Phi) is 6.16. The van der Waals surface area contributed by atoms with Crippen molar-refractivity contribution in [2.24, 2.45) is 0 Å². The number of allylic oxidation sites excluding steroid dienone is 1. The van der Waals surface area contributed by atoms with E-state index in [0.717, 1.165) is 35.7 Å². The maximum absolute atomic E-state index is 12.6. The second kappa shape index (κ2) is 9.15. The second-order valence-corrected chi connectivity index (χ2v) is 8.01. The summed E-state index contributed by atoms with van der Waals surface area (Å²) >= 11 is 0. The fraction of sp³-hybridized carbons (Fsp3) is 0.435. The van der Waals surface area contributed by atoms with E-state index in [2.05, 4.69) is 21.7 Å². The summed E-state index contributed by atoms with van der Waals surface area (Å²) in [5, 5.41) is 6.62. The largest absolute Gasteiger partial charge is 0.361 e. The summed E-state index contributed by atoms with van der Waals surface area (Å²) in [6.07, 6.45) is 10.3. The zero-order valence-electron chi connectivity index (χ0n) is 17.1. The molecule has 30 heavy (non-hydrogen) atoms. The second-order valence-electron chi connectivity index (χ2n) is 8.01. The Hall–Kier alpha value is -3.09. The van der Waals surface area contributed by atoms with Crippen LogP contribution in [0.2, 0.25) is 0 Å². The van der Waals surface area contributed by atoms with Gasteiger partial charge < -0.3 is 15.6 Å². The number of carbonyl (C=O) groups is 3. The first kappa shape index (κ1) is 20.2. The Balaban J connectivity index is 1.26. The number of para-hydroxylation sites is 1. The molecular formula is C23H28N4O3. The summed E-state index contributed by atoms with van der Waals surface area (Å²) in [5.74, 6) is -0.534. The van der Waals surface area contributed by atoms with Crippen LogP contribution < -0.4 is 10.6 Å². The van der Waals surface area contributed by atoms with Gasteiger partial charge in [0.15, 0.2) is 0 Å². The summed E-state index contributed by atoms with van der Waals surface area (Å²) in [7, 11) is 0. The summed E-state index contributed by atoms with van der Waals surface area (Å²) in [6.45, 7) is 0.864. The van der Waals surface area contributed by atoms with E-state index in [1.54, 1.807) is 0 Å². The van der Waals surface area contributed by atoms with Crippen LogP contribution in [0, 0.1) is 0 Å². The Morgan fingerprint density at radius 3 is 2.87 bits per heavy atom. The molecule has 2 heterocycles. The molecule has 0 radical (unpaired) electrons. The highest BCUT2D eigenvalue weighted by molar-refractivity contribution is 6.05. The highest BCUT2D eigenvalue weighted by Gasteiger charge is 2.38. The number of carbonyl (C=O) groups excluding carboxylic acids is 3. The number of urea groups is 1. The van der Waals surface area contributed by atoms with E-state index in [1.807, 2.05) is 30.5 Å². The zero-order valence-corrected chi connectivity index (χ0v) is 17.1. The van der Waals surface area contributed by atoms with E-state index in [1.165, 1.54) is 23.3 Å². The molecule has 2 aliphatic rings. The maximum atomic E-state index is 12.6. The van der Waals surface area contributed by atoms with Crippen LogP contribution in [-0.4, -0.2) is 46.9 Å². The van der Waals surface area contributed by atoms with E-state index >= 15 is 0 Å². The van der Waals surface area contributed by atoms with Gasteiger partial charge in [-0.2, -0.15) is 0 Å². The van der Waals surface area contributed by atoms with Crippen molar-refractivity contribution in [3.05, 3.63) is 47.7 Å². The number of benzene rings is 1. The van der Waals surface area contributed by atoms with E-state index in [-0.39, 0.29) is 18.2 Å². The van der Waals surface area contributed by atoms with Crippen molar-refractivity contribution in [3.8, 4) is 0 Å². The van der Waals surface area contributed by atoms with Crippen LogP contribution in [-0.2, 0) is 16.0 Å². The fourth-order valence-corrected chi connectivity index (χ4v) is 4.25. The normalized spacial score (nSPS) is 19.1. The molecule has 158 valence electrons. The van der Waals surface area contributed by atoms with Crippen molar-refractivity contribution in [1.29, 1.82) is 0 Å². The molecule has 0 saturated carbocycles. The van der Waals surface area contributed by atoms with Crippen LogP contribution in [0.1, 0.15) is 44.1 Å². The van der Waals surface area contributed by atoms with Gasteiger partial charge in [-0.1, -0.05) is 29.8 Å². The number of amides is 4. The molecule has 7 heteroatoms. The number of hydrogen-bond donors (Lipinski definition) is 3. The third kappa shape index (κ3) is 4.56. The molecule has 1 saturated heterocycles. The molecule has 1 atom stereocenters. The van der Waals surface area contributed by atoms with Crippen molar-refractivity contribution in [2.75, 3.05) is 13.1 Å². The lowest BCUT2D eigenvalue weighted by atomic mass is 9.97. The van der Waals surface area contributed by atoms with Crippen molar-refractivity contribution in [2.45, 2.75) is 51.0 Å². The number of hydrogen-bond acceptors (Lipinski definition) is 3. The van der Waals surface area contributed by atoms with Gasteiger partial charge in [0.1, 0.15) is 6.04 Å². The number of H-pyrrole nitrogens is 1. The lowest BCUT2D eigenvalue weighted by Crippen LogP contribution is -2.37. The van der Waals surface area contributed by atoms with Crippen LogP contribution in [0.25, 0.3) is 10.9 Å². The molecule has 1 aliphatic heterocycles. The number of fused-ring (bicyclic) bond motifs is 1. The fourth-order valence-electron chi connectivity index (χ4n) is 4.25. The quantitative estimate of drug-likeness (QED) is 0.463. The highest BCUT2D eigenvalue weighted by Crippen LogP contribution is 2.20. The molecule has 0 spiro atoms. The smallest absolute Gasteiger partial charge is 0.324 e. The van der Waals surface area contributed by atoms with Crippen molar-refractivity contribution >= 4 is 28.7 Å². The standard InChI is InChI=1S/C23H28N4O3/c28-21(24-12-10-16-6-2-1-3-7-16)14-20-22(29)27(23(30)26-20)13-11-17-15-25-19-9-5-4-8-18(17)19/h4-6,8-9,15,20,25H,1-3,7,10-14H2,(H,24,28)(H,26,30). The van der Waals surface area contributed by atoms with Crippen LogP contribution >= 0.6 is 0 Å². The van der Waals surface area contributed by atoms with Crippen LogP contribution in [0.5, 0.6) is 0 Å². The Morgan fingerprint density at radius 2 is 2.03 bits per heavy atom. The van der Waals surface area contributed by atoms with Gasteiger partial charge in [-0.3, -0.25) is 14.5 Å². The van der Waals surface area contributed by atoms with E-state index in [4.69, 9.17) is 0 Å². The van der Waals surface area contributed by atoms with Crippen LogP contribution in [0.3, 0.4) is 0 Å². The summed E-state index contributed by atoms with van der Waals surface area (Å²) < 4.78 is 0. The minimum absolute atomic E-state index is 0.0206. The topological polar surface area (TPSA) is 94.3 Å². The third-order valence-electron chi connectivity index (χ3n) is 5.93. The first-order chi connectivity index (χ1) is 14.6. The number of rotatable bonds is 8. The highest BCUT2D eigenvalue weighted by atomic mass is 16.2. The summed E-state index contributed by atoms with van der Waals surface area (Å²) in [6, 6.07) is 6.73. The van der Waals surface area contributed by atoms with Gasteiger partial charge in [-0.25, -0.2) is 4.79 Å². The number of aromatic nitrogens is 1. The van der Waals surface area contributed by atoms with Gasteiger partial charge in [0, 0.05) is 30.2 Å². The van der Waals surface area contributed by atoms with Gasteiger partial charge in [0.05, 0.1) is 6.42 Å². The van der Waals surface area contributed by atoms with Crippen molar-refractivity contribution in [3.63, 3.8) is 0 Å². The molecule has 1 unspecified atom stereocenters. The molecule has 4 rings (SSSR count). The maximum Gasteiger partial charge on any atom is 0.324 e. The SMILES string of the molecule is O=C(CC1NC(=O)N(CCc2c[nH]c3ccccc23)C1=O)NCCC1=CCCCC1. The van der Waals surface area contributed by atoms with E-state index in [9.17, 15) is 14.4 Å². The molecule has 1 aliphatic carbocycles. The third-order valence-corrected chi connectivity index (χ3v) is 5.93. The number of aromatic amines is 1. The number of nitrogens with one attached hydrogen (secondary N) is 3. The van der Waals surface area contributed by atoms with Gasteiger partial charge in [0.25, 0.3) is 5.91 Å². The van der Waals surface area contributed by atoms with Crippen molar-refractivity contribution in [1.82, 2.24) is 20.5 Å². The molecule has 3 N–H and O–H groups in total. The van der Waals surface area contributed by atoms with Crippen LogP contribution in [0.4, 0.5) is 4.79 Å². The lowest BCUT2D eigenvalue weighted by Gasteiger charge is -2.14. The molecular weight excluding hydrogens is 380 g/mol. The molecule has 1 fully saturated rings. The predicted molar refractivity (Wildman–Crippen MR) is 115 cm³/mol. The first-order valence-corrected chi connectivity index (χ1v) is 10.7. The molecule has 1 aromatic heterocycles. The average molecular weight is 409 g/mol. The molecule has 4 amide bonds. The first-order valence-electron chi connectivity index (χ1n) is 10.7. The number of nitrogens with zero attached hydrogens (tertiary/aromatic N) is 1. The number of imide groups is 1. The average Bonchev–Trinajstić information content (AvgIpc) is 3.28. The minimum Gasteiger partial charge on any atom is -0.361 e. The predicted octanol–water partition coefficient (Wildman–Crippen LogP) is 3.03. The molecule has 7 nitrogen and oxygen atoms in total. The zero-order chi connectivity index (χ0) is 20.9. The van der Waals surface area contributed by atoms with Crippen molar-refractivity contribution < 1.29 is 14.4 Å². The molecule has 0 bridgehead atoms. The van der Waals surface area contributed by atoms with Gasteiger partial charge >= 0.3 is 6.03 Å². The van der Waals surface area contributed by atoms with E-state index < -0.39 is 12.1 Å². The minimum atomic E-state index is -0.783. The Bertz CT molecular complexity index is 978. The van der Waals surface area contributed by atoms with E-state index in [0.29, 0.717) is 19.5 Å². The summed E-state index contributed by atoms with van der Waals surface area (Å²) in [4.78, 5) is 41.6. The Labute approximate surface area is 175 Å². The van der Waals surface area contributed by atoms with Gasteiger partial charge in [0.2, 0.25) is 5.91 Å².